The first-order chi connectivity index (χ1) is 14.5. The molecule has 1 N–H and O–H groups in total. The molecule has 0 saturated carbocycles. The Balaban J connectivity index is 1.56. The zero-order chi connectivity index (χ0) is 21.5. The number of nitrogens with one attached hydrogen (secondary N) is 1. The molecule has 0 bridgehead atoms. The maximum atomic E-state index is 12.4. The standard InChI is InChI=1S/C22H33N5O2S/c1-4-5-6-13-23-21(28)18-11-14-26(15-12-18)16-27-22(30)25(2)20(24-27)17-7-9-19(29-3)10-8-17/h7-10,18H,4-6,11-16H2,1-3H3,(H,23,28). The minimum Gasteiger partial charge on any atom is -0.497 e. The molecule has 2 heterocycles. The quantitative estimate of drug-likeness (QED) is 0.485. The number of carbonyl (C=O) groups excluding carboxylic acids is 1. The fourth-order valence-corrected chi connectivity index (χ4v) is 4.01. The van der Waals surface area contributed by atoms with Crippen molar-refractivity contribution in [1.82, 2.24) is 24.6 Å². The second kappa shape index (κ2) is 10.7. The molecule has 1 amide bonds. The summed E-state index contributed by atoms with van der Waals surface area (Å²) in [5.41, 5.74) is 1.00. The van der Waals surface area contributed by atoms with E-state index in [2.05, 4.69) is 17.1 Å². The number of rotatable bonds is 9. The van der Waals surface area contributed by atoms with Crippen LogP contribution >= 0.6 is 12.2 Å². The number of amides is 1. The predicted octanol–water partition coefficient (Wildman–Crippen LogP) is 3.60. The summed E-state index contributed by atoms with van der Waals surface area (Å²) < 4.78 is 9.74. The zero-order valence-corrected chi connectivity index (χ0v) is 19.1. The fraction of sp³-hybridized carbons (Fsp3) is 0.591. The third-order valence-electron chi connectivity index (χ3n) is 5.76. The van der Waals surface area contributed by atoms with Gasteiger partial charge in [0.15, 0.2) is 10.6 Å². The summed E-state index contributed by atoms with van der Waals surface area (Å²) in [4.78, 5) is 14.7. The summed E-state index contributed by atoms with van der Waals surface area (Å²) in [6.45, 7) is 5.37. The summed E-state index contributed by atoms with van der Waals surface area (Å²) in [5.74, 6) is 1.98. The van der Waals surface area contributed by atoms with Gasteiger partial charge in [-0.15, -0.1) is 0 Å². The number of ether oxygens (including phenoxy) is 1. The van der Waals surface area contributed by atoms with Gasteiger partial charge < -0.3 is 14.6 Å². The Labute approximate surface area is 184 Å². The Kier molecular flexibility index (Phi) is 8.04. The number of hydrogen-bond donors (Lipinski definition) is 1. The van der Waals surface area contributed by atoms with E-state index in [4.69, 9.17) is 22.1 Å². The van der Waals surface area contributed by atoms with Crippen LogP contribution in [0.2, 0.25) is 0 Å². The van der Waals surface area contributed by atoms with Gasteiger partial charge in [0.05, 0.1) is 13.8 Å². The maximum absolute atomic E-state index is 12.4. The van der Waals surface area contributed by atoms with Gasteiger partial charge in [0, 0.05) is 38.2 Å². The third kappa shape index (κ3) is 5.49. The predicted molar refractivity (Wildman–Crippen MR) is 121 cm³/mol. The fourth-order valence-electron chi connectivity index (χ4n) is 3.83. The van der Waals surface area contributed by atoms with Gasteiger partial charge in [-0.1, -0.05) is 19.8 Å². The molecular formula is C22H33N5O2S. The van der Waals surface area contributed by atoms with Crippen LogP contribution in [0, 0.1) is 10.7 Å². The van der Waals surface area contributed by atoms with Crippen LogP contribution in [-0.4, -0.2) is 51.9 Å². The molecule has 1 aromatic carbocycles. The van der Waals surface area contributed by atoms with E-state index < -0.39 is 0 Å². The molecule has 0 unspecified atom stereocenters. The summed E-state index contributed by atoms with van der Waals surface area (Å²) >= 11 is 5.61. The highest BCUT2D eigenvalue weighted by Crippen LogP contribution is 2.22. The lowest BCUT2D eigenvalue weighted by atomic mass is 9.96. The van der Waals surface area contributed by atoms with E-state index in [-0.39, 0.29) is 11.8 Å². The van der Waals surface area contributed by atoms with Crippen molar-refractivity contribution in [2.75, 3.05) is 26.7 Å². The minimum absolute atomic E-state index is 0.120. The largest absolute Gasteiger partial charge is 0.497 e. The normalized spacial score (nSPS) is 15.3. The van der Waals surface area contributed by atoms with Crippen LogP contribution in [-0.2, 0) is 18.5 Å². The molecule has 1 aliphatic heterocycles. The molecule has 0 atom stereocenters. The molecule has 3 rings (SSSR count). The molecule has 1 aromatic heterocycles. The molecule has 1 aliphatic rings. The highest BCUT2D eigenvalue weighted by Gasteiger charge is 2.25. The van der Waals surface area contributed by atoms with Crippen LogP contribution < -0.4 is 10.1 Å². The molecule has 30 heavy (non-hydrogen) atoms. The van der Waals surface area contributed by atoms with Crippen molar-refractivity contribution >= 4 is 18.1 Å². The second-order valence-corrected chi connectivity index (χ2v) is 8.29. The van der Waals surface area contributed by atoms with Crippen molar-refractivity contribution in [1.29, 1.82) is 0 Å². The van der Waals surface area contributed by atoms with E-state index >= 15 is 0 Å². The maximum Gasteiger partial charge on any atom is 0.223 e. The zero-order valence-electron chi connectivity index (χ0n) is 18.3. The van der Waals surface area contributed by atoms with Gasteiger partial charge in [-0.05, 0) is 55.7 Å². The van der Waals surface area contributed by atoms with Gasteiger partial charge in [-0.25, -0.2) is 4.68 Å². The molecule has 7 nitrogen and oxygen atoms in total. The highest BCUT2D eigenvalue weighted by molar-refractivity contribution is 7.71. The van der Waals surface area contributed by atoms with Crippen LogP contribution in [0.4, 0.5) is 0 Å². The number of unbranched alkanes of at least 4 members (excludes halogenated alkanes) is 2. The first-order valence-corrected chi connectivity index (χ1v) is 11.2. The van der Waals surface area contributed by atoms with Crippen LogP contribution in [0.5, 0.6) is 5.75 Å². The SMILES string of the molecule is CCCCCNC(=O)C1CCN(Cn2nc(-c3ccc(OC)cc3)n(C)c2=S)CC1. The first kappa shape index (κ1) is 22.5. The Bertz CT molecular complexity index is 882. The van der Waals surface area contributed by atoms with Gasteiger partial charge in [-0.3, -0.25) is 9.69 Å². The number of aromatic nitrogens is 3. The number of benzene rings is 1. The molecule has 8 heteroatoms. The van der Waals surface area contributed by atoms with Crippen molar-refractivity contribution in [3.05, 3.63) is 29.0 Å². The topological polar surface area (TPSA) is 64.3 Å². The Morgan fingerprint density at radius 3 is 2.57 bits per heavy atom. The van der Waals surface area contributed by atoms with E-state index in [0.717, 1.165) is 56.0 Å². The van der Waals surface area contributed by atoms with Gasteiger partial charge in [0.1, 0.15) is 5.75 Å². The first-order valence-electron chi connectivity index (χ1n) is 10.8. The van der Waals surface area contributed by atoms with E-state index in [1.165, 1.54) is 12.8 Å². The average Bonchev–Trinajstić information content (AvgIpc) is 3.05. The van der Waals surface area contributed by atoms with Gasteiger partial charge in [-0.2, -0.15) is 5.10 Å². The molecule has 164 valence electrons. The Hall–Kier alpha value is -2.19. The lowest BCUT2D eigenvalue weighted by Crippen LogP contribution is -2.41. The molecule has 1 saturated heterocycles. The molecule has 1 fully saturated rings. The monoisotopic (exact) mass is 431 g/mol. The number of piperidine rings is 1. The Morgan fingerprint density at radius 2 is 1.93 bits per heavy atom. The Morgan fingerprint density at radius 1 is 1.23 bits per heavy atom. The number of nitrogens with zero attached hydrogens (tertiary/aromatic N) is 4. The van der Waals surface area contributed by atoms with E-state index in [0.29, 0.717) is 11.4 Å². The van der Waals surface area contributed by atoms with Crippen LogP contribution in [0.25, 0.3) is 11.4 Å². The summed E-state index contributed by atoms with van der Waals surface area (Å²) in [7, 11) is 3.60. The molecule has 0 radical (unpaired) electrons. The van der Waals surface area contributed by atoms with Crippen molar-refractivity contribution in [3.8, 4) is 17.1 Å². The summed E-state index contributed by atoms with van der Waals surface area (Å²) in [5, 5.41) is 7.85. The van der Waals surface area contributed by atoms with Crippen LogP contribution in [0.3, 0.4) is 0 Å². The second-order valence-electron chi connectivity index (χ2n) is 7.93. The lowest BCUT2D eigenvalue weighted by Gasteiger charge is -2.30. The van der Waals surface area contributed by atoms with Gasteiger partial charge in [0.2, 0.25) is 5.91 Å². The minimum atomic E-state index is 0.120. The van der Waals surface area contributed by atoms with E-state index in [1.807, 2.05) is 40.6 Å². The van der Waals surface area contributed by atoms with Crippen molar-refractivity contribution in [2.24, 2.45) is 13.0 Å². The smallest absolute Gasteiger partial charge is 0.223 e. The van der Waals surface area contributed by atoms with Crippen LogP contribution in [0.1, 0.15) is 39.0 Å². The molecular weight excluding hydrogens is 398 g/mol. The lowest BCUT2D eigenvalue weighted by molar-refractivity contribution is -0.126. The molecule has 2 aromatic rings. The van der Waals surface area contributed by atoms with Crippen molar-refractivity contribution < 1.29 is 9.53 Å². The van der Waals surface area contributed by atoms with E-state index in [1.54, 1.807) is 7.11 Å². The molecule has 0 aliphatic carbocycles. The molecule has 0 spiro atoms. The van der Waals surface area contributed by atoms with Crippen molar-refractivity contribution in [3.63, 3.8) is 0 Å². The highest BCUT2D eigenvalue weighted by atomic mass is 32.1. The van der Waals surface area contributed by atoms with Crippen LogP contribution in [0.15, 0.2) is 24.3 Å². The van der Waals surface area contributed by atoms with Gasteiger partial charge in [0.25, 0.3) is 0 Å². The summed E-state index contributed by atoms with van der Waals surface area (Å²) in [6, 6.07) is 7.83. The average molecular weight is 432 g/mol. The third-order valence-corrected chi connectivity index (χ3v) is 6.25. The number of hydrogen-bond acceptors (Lipinski definition) is 5. The number of methoxy groups -OCH3 is 1. The summed E-state index contributed by atoms with van der Waals surface area (Å²) in [6.07, 6.45) is 5.16. The van der Waals surface area contributed by atoms with E-state index in [9.17, 15) is 4.79 Å². The number of likely N-dealkylation sites (tertiary alicyclic amines) is 1. The van der Waals surface area contributed by atoms with Crippen molar-refractivity contribution in [2.45, 2.75) is 45.7 Å². The van der Waals surface area contributed by atoms with Gasteiger partial charge >= 0.3 is 0 Å². The number of carbonyl (C=O) groups is 1.